The highest BCUT2D eigenvalue weighted by Gasteiger charge is 2.37. The van der Waals surface area contributed by atoms with Crippen LogP contribution in [0.4, 0.5) is 4.39 Å². The lowest BCUT2D eigenvalue weighted by Gasteiger charge is -2.21. The van der Waals surface area contributed by atoms with Crippen LogP contribution in [0.2, 0.25) is 0 Å². The lowest BCUT2D eigenvalue weighted by molar-refractivity contribution is -0.158. The Morgan fingerprint density at radius 3 is 2.68 bits per heavy atom. The zero-order valence-corrected chi connectivity index (χ0v) is 12.0. The van der Waals surface area contributed by atoms with E-state index in [1.54, 1.807) is 6.92 Å². The van der Waals surface area contributed by atoms with E-state index in [-0.39, 0.29) is 31.2 Å². The Balaban J connectivity index is 2.17. The Labute approximate surface area is 126 Å². The van der Waals surface area contributed by atoms with Gasteiger partial charge in [0.15, 0.2) is 5.78 Å². The van der Waals surface area contributed by atoms with Crippen molar-refractivity contribution in [1.29, 1.82) is 0 Å². The Kier molecular flexibility index (Phi) is 5.16. The van der Waals surface area contributed by atoms with Crippen LogP contribution in [0.25, 0.3) is 6.08 Å². The average Bonchev–Trinajstić information content (AvgIpc) is 2.51. The minimum atomic E-state index is -1.18. The van der Waals surface area contributed by atoms with Crippen LogP contribution in [0.5, 0.6) is 0 Å². The molecule has 0 bridgehead atoms. The van der Waals surface area contributed by atoms with E-state index in [4.69, 9.17) is 4.74 Å². The van der Waals surface area contributed by atoms with Gasteiger partial charge in [-0.1, -0.05) is 12.1 Å². The summed E-state index contributed by atoms with van der Waals surface area (Å²) < 4.78 is 22.7. The maximum Gasteiger partial charge on any atom is 0.375 e. The number of Topliss-reactive ketones (excluding diaryl/α,β-unsaturated/α-hetero) is 2. The van der Waals surface area contributed by atoms with Crippen LogP contribution in [0.1, 0.15) is 12.5 Å². The van der Waals surface area contributed by atoms with E-state index in [2.05, 4.69) is 4.74 Å². The fraction of sp³-hybridized carbons (Fsp3) is 0.312. The van der Waals surface area contributed by atoms with Gasteiger partial charge in [0.05, 0.1) is 19.8 Å². The second kappa shape index (κ2) is 7.09. The SMILES string of the molecule is CCOC(=O)C(=O)C1COC/C(=C\c2ccc(F)cc2)C1=O. The molecule has 1 aromatic carbocycles. The summed E-state index contributed by atoms with van der Waals surface area (Å²) in [6.07, 6.45) is 1.52. The topological polar surface area (TPSA) is 69.7 Å². The second-order valence-electron chi connectivity index (χ2n) is 4.74. The summed E-state index contributed by atoms with van der Waals surface area (Å²) in [4.78, 5) is 35.6. The summed E-state index contributed by atoms with van der Waals surface area (Å²) >= 11 is 0. The van der Waals surface area contributed by atoms with Crippen LogP contribution in [0.3, 0.4) is 0 Å². The summed E-state index contributed by atoms with van der Waals surface area (Å²) in [5.41, 5.74) is 0.873. The molecule has 1 saturated heterocycles. The normalized spacial score (nSPS) is 20.0. The summed E-state index contributed by atoms with van der Waals surface area (Å²) in [6, 6.07) is 5.54. The molecule has 1 aliphatic rings. The van der Waals surface area contributed by atoms with Crippen molar-refractivity contribution in [3.8, 4) is 0 Å². The molecule has 0 saturated carbocycles. The maximum absolute atomic E-state index is 12.9. The molecule has 0 aromatic heterocycles. The van der Waals surface area contributed by atoms with Crippen LogP contribution < -0.4 is 0 Å². The molecule has 1 fully saturated rings. The van der Waals surface area contributed by atoms with E-state index in [0.717, 1.165) is 0 Å². The largest absolute Gasteiger partial charge is 0.460 e. The third-order valence-electron chi connectivity index (χ3n) is 3.18. The molecule has 22 heavy (non-hydrogen) atoms. The molecule has 1 aliphatic heterocycles. The number of esters is 1. The Bertz CT molecular complexity index is 618. The van der Waals surface area contributed by atoms with Crippen LogP contribution in [0.15, 0.2) is 29.8 Å². The van der Waals surface area contributed by atoms with Gasteiger partial charge in [0, 0.05) is 5.57 Å². The third kappa shape index (κ3) is 3.65. The van der Waals surface area contributed by atoms with Crippen molar-refractivity contribution in [2.45, 2.75) is 6.92 Å². The molecule has 5 nitrogen and oxygen atoms in total. The number of ether oxygens (including phenoxy) is 2. The summed E-state index contributed by atoms with van der Waals surface area (Å²) in [6.45, 7) is 1.54. The average molecular weight is 306 g/mol. The number of carbonyl (C=O) groups is 3. The van der Waals surface area contributed by atoms with Crippen molar-refractivity contribution in [1.82, 2.24) is 0 Å². The molecular formula is C16H15FO5. The van der Waals surface area contributed by atoms with Gasteiger partial charge in [-0.25, -0.2) is 9.18 Å². The number of ketones is 2. The molecule has 2 rings (SSSR count). The first-order chi connectivity index (χ1) is 10.5. The molecule has 1 heterocycles. The molecule has 0 amide bonds. The van der Waals surface area contributed by atoms with Crippen LogP contribution >= 0.6 is 0 Å². The number of halogens is 1. The van der Waals surface area contributed by atoms with Crippen molar-refractivity contribution < 1.29 is 28.2 Å². The van der Waals surface area contributed by atoms with E-state index in [1.807, 2.05) is 0 Å². The highest BCUT2D eigenvalue weighted by molar-refractivity contribution is 6.39. The quantitative estimate of drug-likeness (QED) is 0.365. The zero-order chi connectivity index (χ0) is 16.1. The van der Waals surface area contributed by atoms with Gasteiger partial charge in [-0.05, 0) is 30.7 Å². The van der Waals surface area contributed by atoms with Gasteiger partial charge in [0.2, 0.25) is 0 Å². The third-order valence-corrected chi connectivity index (χ3v) is 3.18. The van der Waals surface area contributed by atoms with Crippen molar-refractivity contribution in [2.24, 2.45) is 5.92 Å². The maximum atomic E-state index is 12.9. The van der Waals surface area contributed by atoms with Gasteiger partial charge in [-0.2, -0.15) is 0 Å². The number of carbonyl (C=O) groups excluding carboxylic acids is 3. The molecule has 0 spiro atoms. The van der Waals surface area contributed by atoms with Gasteiger partial charge in [-0.15, -0.1) is 0 Å². The summed E-state index contributed by atoms with van der Waals surface area (Å²) in [5.74, 6) is -3.97. The zero-order valence-electron chi connectivity index (χ0n) is 12.0. The van der Waals surface area contributed by atoms with Crippen LogP contribution in [0, 0.1) is 11.7 Å². The molecule has 6 heteroatoms. The number of benzene rings is 1. The van der Waals surface area contributed by atoms with Gasteiger partial charge in [0.1, 0.15) is 11.7 Å². The van der Waals surface area contributed by atoms with E-state index in [0.29, 0.717) is 5.56 Å². The van der Waals surface area contributed by atoms with E-state index in [1.165, 1.54) is 30.3 Å². The molecule has 0 radical (unpaired) electrons. The van der Waals surface area contributed by atoms with Crippen molar-refractivity contribution >= 4 is 23.6 Å². The van der Waals surface area contributed by atoms with Gasteiger partial charge < -0.3 is 9.47 Å². The number of hydrogen-bond acceptors (Lipinski definition) is 5. The van der Waals surface area contributed by atoms with Gasteiger partial charge in [-0.3, -0.25) is 9.59 Å². The highest BCUT2D eigenvalue weighted by atomic mass is 19.1. The minimum absolute atomic E-state index is 0.0445. The minimum Gasteiger partial charge on any atom is -0.460 e. The smallest absolute Gasteiger partial charge is 0.375 e. The predicted octanol–water partition coefficient (Wildman–Crippen LogP) is 1.56. The Morgan fingerprint density at radius 1 is 1.36 bits per heavy atom. The van der Waals surface area contributed by atoms with Gasteiger partial charge >= 0.3 is 5.97 Å². The summed E-state index contributed by atoms with van der Waals surface area (Å²) in [7, 11) is 0. The van der Waals surface area contributed by atoms with E-state index in [9.17, 15) is 18.8 Å². The van der Waals surface area contributed by atoms with Gasteiger partial charge in [0.25, 0.3) is 5.78 Å². The molecule has 0 N–H and O–H groups in total. The summed E-state index contributed by atoms with van der Waals surface area (Å²) in [5, 5.41) is 0. The first-order valence-corrected chi connectivity index (χ1v) is 6.82. The molecule has 1 atom stereocenters. The standard InChI is InChI=1S/C16H15FO5/c1-2-22-16(20)15(19)13-9-21-8-11(14(13)18)7-10-3-5-12(17)6-4-10/h3-7,13H,2,8-9H2,1H3/b11-7+. The lowest BCUT2D eigenvalue weighted by atomic mass is 9.91. The molecule has 0 aliphatic carbocycles. The lowest BCUT2D eigenvalue weighted by Crippen LogP contribution is -2.39. The molecule has 1 unspecified atom stereocenters. The Morgan fingerprint density at radius 2 is 2.05 bits per heavy atom. The Hall–Kier alpha value is -2.34. The first-order valence-electron chi connectivity index (χ1n) is 6.82. The monoisotopic (exact) mass is 306 g/mol. The second-order valence-corrected chi connectivity index (χ2v) is 4.74. The first kappa shape index (κ1) is 16.0. The van der Waals surface area contributed by atoms with Crippen molar-refractivity contribution in [3.63, 3.8) is 0 Å². The molecule has 116 valence electrons. The fourth-order valence-corrected chi connectivity index (χ4v) is 2.07. The predicted molar refractivity (Wildman–Crippen MR) is 75.3 cm³/mol. The highest BCUT2D eigenvalue weighted by Crippen LogP contribution is 2.19. The number of rotatable bonds is 4. The molecular weight excluding hydrogens is 291 g/mol. The number of hydrogen-bond donors (Lipinski definition) is 0. The molecule has 1 aromatic rings. The van der Waals surface area contributed by atoms with Crippen molar-refractivity contribution in [2.75, 3.05) is 19.8 Å². The van der Waals surface area contributed by atoms with E-state index >= 15 is 0 Å². The fourth-order valence-electron chi connectivity index (χ4n) is 2.07. The van der Waals surface area contributed by atoms with Crippen molar-refractivity contribution in [3.05, 3.63) is 41.2 Å². The van der Waals surface area contributed by atoms with Crippen LogP contribution in [-0.4, -0.2) is 37.4 Å². The van der Waals surface area contributed by atoms with Crippen LogP contribution in [-0.2, 0) is 23.9 Å². The van der Waals surface area contributed by atoms with E-state index < -0.39 is 23.5 Å².